The summed E-state index contributed by atoms with van der Waals surface area (Å²) in [5, 5.41) is 0. The third-order valence-corrected chi connectivity index (χ3v) is 8.29. The van der Waals surface area contributed by atoms with Gasteiger partial charge in [0.15, 0.2) is 7.28 Å². The first-order valence-corrected chi connectivity index (χ1v) is 15.0. The zero-order valence-corrected chi connectivity index (χ0v) is 25.5. The highest BCUT2D eigenvalue weighted by atomic mass is 15.1. The molecule has 3 heteroatoms. The lowest BCUT2D eigenvalue weighted by Gasteiger charge is -2.28. The minimum atomic E-state index is 0.906. The molecule has 0 amide bonds. The van der Waals surface area contributed by atoms with Crippen molar-refractivity contribution in [1.82, 2.24) is 0 Å². The van der Waals surface area contributed by atoms with Crippen molar-refractivity contribution in [2.75, 3.05) is 9.80 Å². The highest BCUT2D eigenvalue weighted by molar-refractivity contribution is 6.69. The molecular formula is C40H37BN2. The van der Waals surface area contributed by atoms with Gasteiger partial charge in [-0.05, 0) is 100 Å². The number of aryl methyl sites for hydroxylation is 4. The van der Waals surface area contributed by atoms with Crippen molar-refractivity contribution in [3.63, 3.8) is 0 Å². The van der Waals surface area contributed by atoms with Crippen LogP contribution in [0.25, 0.3) is 0 Å². The molecule has 210 valence electrons. The number of anilines is 6. The molecule has 43 heavy (non-hydrogen) atoms. The van der Waals surface area contributed by atoms with E-state index in [1.807, 2.05) is 0 Å². The van der Waals surface area contributed by atoms with E-state index in [4.69, 9.17) is 0 Å². The average Bonchev–Trinajstić information content (AvgIpc) is 3.02. The maximum Gasteiger partial charge on any atom is 0.193 e. The zero-order chi connectivity index (χ0) is 29.8. The van der Waals surface area contributed by atoms with Crippen LogP contribution in [-0.2, 0) is 0 Å². The molecule has 0 aliphatic carbocycles. The van der Waals surface area contributed by atoms with E-state index >= 15 is 0 Å². The van der Waals surface area contributed by atoms with Crippen LogP contribution in [0.2, 0.25) is 0 Å². The number of hydrogen-bond donors (Lipinski definition) is 0. The third kappa shape index (κ3) is 5.98. The maximum atomic E-state index is 2.34. The van der Waals surface area contributed by atoms with E-state index in [2.05, 4.69) is 183 Å². The maximum absolute atomic E-state index is 2.34. The van der Waals surface area contributed by atoms with Crippen LogP contribution < -0.4 is 20.7 Å². The Bertz CT molecular complexity index is 1560. The molecule has 0 N–H and O–H groups in total. The Morgan fingerprint density at radius 2 is 0.558 bits per heavy atom. The monoisotopic (exact) mass is 556 g/mol. The van der Waals surface area contributed by atoms with Gasteiger partial charge in [-0.25, -0.2) is 0 Å². The fourth-order valence-corrected chi connectivity index (χ4v) is 6.14. The summed E-state index contributed by atoms with van der Waals surface area (Å²) in [5.41, 5.74) is 15.0. The van der Waals surface area contributed by atoms with Crippen LogP contribution in [0, 0.1) is 27.7 Å². The van der Waals surface area contributed by atoms with E-state index in [9.17, 15) is 0 Å². The molecule has 6 aromatic carbocycles. The Hall–Kier alpha value is -5.02. The van der Waals surface area contributed by atoms with E-state index in [0.29, 0.717) is 0 Å². The molecule has 0 heterocycles. The molecule has 0 aliphatic rings. The summed E-state index contributed by atoms with van der Waals surface area (Å²) < 4.78 is 0. The van der Waals surface area contributed by atoms with Crippen LogP contribution in [0.5, 0.6) is 0 Å². The highest BCUT2D eigenvalue weighted by Crippen LogP contribution is 2.36. The lowest BCUT2D eigenvalue weighted by atomic mass is 9.58. The second kappa shape index (κ2) is 12.5. The van der Waals surface area contributed by atoms with E-state index < -0.39 is 0 Å². The summed E-state index contributed by atoms with van der Waals surface area (Å²) in [6.07, 6.45) is 0. The first kappa shape index (κ1) is 28.1. The molecule has 0 radical (unpaired) electrons. The van der Waals surface area contributed by atoms with Crippen LogP contribution in [-0.4, -0.2) is 7.28 Å². The predicted octanol–water partition coefficient (Wildman–Crippen LogP) is 9.25. The van der Waals surface area contributed by atoms with Gasteiger partial charge in [-0.1, -0.05) is 106 Å². The molecule has 0 aliphatic heterocycles. The minimum Gasteiger partial charge on any atom is -0.310 e. The summed E-state index contributed by atoms with van der Waals surface area (Å²) in [5.74, 6) is 0. The lowest BCUT2D eigenvalue weighted by Crippen LogP contribution is -2.35. The van der Waals surface area contributed by atoms with Crippen molar-refractivity contribution in [3.8, 4) is 0 Å². The molecule has 0 saturated heterocycles. The van der Waals surface area contributed by atoms with Crippen LogP contribution in [0.1, 0.15) is 22.3 Å². The summed E-state index contributed by atoms with van der Waals surface area (Å²) in [4.78, 5) is 4.69. The molecule has 0 unspecified atom stereocenters. The first-order valence-electron chi connectivity index (χ1n) is 15.0. The predicted molar refractivity (Wildman–Crippen MR) is 188 cm³/mol. The molecule has 6 aromatic rings. The fraction of sp³-hybridized carbons (Fsp3) is 0.100. The SMILES string of the molecule is Cc1cc(N(c2ccccc2)c2ccccc2)cc(C)c1Bc1c(C)cc(N(c2ccccc2)c2ccccc2)cc1C. The second-order valence-corrected chi connectivity index (χ2v) is 11.3. The van der Waals surface area contributed by atoms with E-state index in [-0.39, 0.29) is 0 Å². The number of benzene rings is 6. The van der Waals surface area contributed by atoms with Gasteiger partial charge in [0, 0.05) is 34.1 Å². The van der Waals surface area contributed by atoms with Gasteiger partial charge in [-0.15, -0.1) is 0 Å². The normalized spacial score (nSPS) is 10.8. The van der Waals surface area contributed by atoms with Crippen molar-refractivity contribution in [2.45, 2.75) is 27.7 Å². The molecule has 0 bridgehead atoms. The Labute approximate surface area is 257 Å². The van der Waals surface area contributed by atoms with E-state index in [0.717, 1.165) is 30.0 Å². The molecule has 0 atom stereocenters. The highest BCUT2D eigenvalue weighted by Gasteiger charge is 2.19. The van der Waals surface area contributed by atoms with Gasteiger partial charge >= 0.3 is 0 Å². The smallest absolute Gasteiger partial charge is 0.193 e. The van der Waals surface area contributed by atoms with Crippen molar-refractivity contribution in [3.05, 3.63) is 168 Å². The first-order chi connectivity index (χ1) is 21.0. The number of rotatable bonds is 8. The van der Waals surface area contributed by atoms with Crippen molar-refractivity contribution >= 4 is 52.3 Å². The molecular weight excluding hydrogens is 519 g/mol. The second-order valence-electron chi connectivity index (χ2n) is 11.3. The molecule has 0 spiro atoms. The van der Waals surface area contributed by atoms with Crippen LogP contribution in [0.4, 0.5) is 34.1 Å². The van der Waals surface area contributed by atoms with E-state index in [1.165, 1.54) is 44.6 Å². The standard InChI is InChI=1S/C40H37BN2/c1-29-25-37(42(33-17-9-5-10-18-33)34-19-11-6-12-20-34)26-30(2)39(29)41-40-31(3)27-38(28-32(40)4)43(35-21-13-7-14-22-35)36-23-15-8-16-24-36/h5-28,41H,1-4H3. The third-order valence-electron chi connectivity index (χ3n) is 8.29. The summed E-state index contributed by atoms with van der Waals surface area (Å²) in [6, 6.07) is 51.9. The minimum absolute atomic E-state index is 0.906. The molecule has 2 nitrogen and oxygen atoms in total. The van der Waals surface area contributed by atoms with Crippen molar-refractivity contribution in [2.24, 2.45) is 0 Å². The number of hydrogen-bond acceptors (Lipinski definition) is 2. The van der Waals surface area contributed by atoms with Gasteiger partial charge in [-0.3, -0.25) is 0 Å². The van der Waals surface area contributed by atoms with Gasteiger partial charge in [0.05, 0.1) is 0 Å². The summed E-state index contributed by atoms with van der Waals surface area (Å²) in [6.45, 7) is 9.02. The number of para-hydroxylation sites is 4. The summed E-state index contributed by atoms with van der Waals surface area (Å²) in [7, 11) is 0.906. The zero-order valence-electron chi connectivity index (χ0n) is 25.5. The van der Waals surface area contributed by atoms with Gasteiger partial charge in [-0.2, -0.15) is 0 Å². The topological polar surface area (TPSA) is 6.48 Å². The molecule has 0 saturated carbocycles. The molecule has 0 fully saturated rings. The van der Waals surface area contributed by atoms with Crippen molar-refractivity contribution < 1.29 is 0 Å². The summed E-state index contributed by atoms with van der Waals surface area (Å²) >= 11 is 0. The van der Waals surface area contributed by atoms with Gasteiger partial charge in [0.1, 0.15) is 0 Å². The Kier molecular flexibility index (Phi) is 8.15. The van der Waals surface area contributed by atoms with Gasteiger partial charge in [0.2, 0.25) is 0 Å². The average molecular weight is 557 g/mol. The Morgan fingerprint density at radius 3 is 0.791 bits per heavy atom. The van der Waals surface area contributed by atoms with Gasteiger partial charge < -0.3 is 9.80 Å². The van der Waals surface area contributed by atoms with Crippen LogP contribution in [0.15, 0.2) is 146 Å². The van der Waals surface area contributed by atoms with Crippen LogP contribution >= 0.6 is 0 Å². The molecule has 6 rings (SSSR count). The van der Waals surface area contributed by atoms with Gasteiger partial charge in [0.25, 0.3) is 0 Å². The fourth-order valence-electron chi connectivity index (χ4n) is 6.14. The quantitative estimate of drug-likeness (QED) is 0.173. The molecule has 0 aromatic heterocycles. The largest absolute Gasteiger partial charge is 0.310 e. The van der Waals surface area contributed by atoms with E-state index in [1.54, 1.807) is 0 Å². The van der Waals surface area contributed by atoms with Crippen molar-refractivity contribution in [1.29, 1.82) is 0 Å². The Balaban J connectivity index is 1.36. The Morgan fingerprint density at radius 1 is 0.326 bits per heavy atom. The number of nitrogens with zero attached hydrogens (tertiary/aromatic N) is 2. The van der Waals surface area contributed by atoms with Crippen LogP contribution in [0.3, 0.4) is 0 Å². The lowest BCUT2D eigenvalue weighted by molar-refractivity contribution is 1.26.